The lowest BCUT2D eigenvalue weighted by Crippen LogP contribution is -2.38. The Bertz CT molecular complexity index is 1110. The van der Waals surface area contributed by atoms with Crippen molar-refractivity contribution >= 4 is 29.0 Å². The SMILES string of the molecule is CC(=O)O.COc1cccc(OC)c1CN1Cc2ccc(Nc3ccccc3)cc2N=C1N. The van der Waals surface area contributed by atoms with Gasteiger partial charge in [0.25, 0.3) is 5.97 Å². The number of nitrogens with one attached hydrogen (secondary N) is 1. The highest BCUT2D eigenvalue weighted by atomic mass is 16.5. The lowest BCUT2D eigenvalue weighted by Gasteiger charge is -2.29. The Morgan fingerprint density at radius 2 is 1.67 bits per heavy atom. The van der Waals surface area contributed by atoms with Crippen LogP contribution in [0, 0.1) is 0 Å². The van der Waals surface area contributed by atoms with Crippen molar-refractivity contribution in [3.8, 4) is 11.5 Å². The highest BCUT2D eigenvalue weighted by Gasteiger charge is 2.21. The number of hydrogen-bond acceptors (Lipinski definition) is 7. The van der Waals surface area contributed by atoms with Gasteiger partial charge in [-0.05, 0) is 42.0 Å². The number of anilines is 2. The molecule has 0 spiro atoms. The summed E-state index contributed by atoms with van der Waals surface area (Å²) in [4.78, 5) is 15.7. The Morgan fingerprint density at radius 3 is 2.27 bits per heavy atom. The number of rotatable bonds is 6. The second kappa shape index (κ2) is 10.9. The first-order valence-corrected chi connectivity index (χ1v) is 10.3. The van der Waals surface area contributed by atoms with Gasteiger partial charge in [0, 0.05) is 24.8 Å². The summed E-state index contributed by atoms with van der Waals surface area (Å²) in [6.07, 6.45) is 0. The number of fused-ring (bicyclic) bond motifs is 1. The lowest BCUT2D eigenvalue weighted by atomic mass is 10.1. The van der Waals surface area contributed by atoms with Crippen molar-refractivity contribution in [1.82, 2.24) is 4.90 Å². The van der Waals surface area contributed by atoms with Gasteiger partial charge in [0.15, 0.2) is 5.96 Å². The molecule has 0 radical (unpaired) electrons. The summed E-state index contributed by atoms with van der Waals surface area (Å²) in [5, 5.41) is 10.8. The molecule has 4 rings (SSSR count). The van der Waals surface area contributed by atoms with E-state index < -0.39 is 5.97 Å². The molecule has 0 unspecified atom stereocenters. The number of guanidine groups is 1. The van der Waals surface area contributed by atoms with Crippen molar-refractivity contribution in [3.05, 3.63) is 77.9 Å². The minimum Gasteiger partial charge on any atom is -0.496 e. The molecule has 33 heavy (non-hydrogen) atoms. The van der Waals surface area contributed by atoms with Crippen molar-refractivity contribution in [2.24, 2.45) is 10.7 Å². The fourth-order valence-corrected chi connectivity index (χ4v) is 3.46. The van der Waals surface area contributed by atoms with E-state index in [0.717, 1.165) is 46.6 Å². The van der Waals surface area contributed by atoms with Crippen molar-refractivity contribution in [1.29, 1.82) is 0 Å². The van der Waals surface area contributed by atoms with Crippen LogP contribution in [0.2, 0.25) is 0 Å². The molecule has 0 aromatic heterocycles. The summed E-state index contributed by atoms with van der Waals surface area (Å²) in [7, 11) is 3.31. The second-order valence-corrected chi connectivity index (χ2v) is 7.32. The smallest absolute Gasteiger partial charge is 0.300 e. The number of carboxylic acid groups (broad SMARTS) is 1. The van der Waals surface area contributed by atoms with Gasteiger partial charge in [0.05, 0.1) is 32.0 Å². The van der Waals surface area contributed by atoms with E-state index in [1.165, 1.54) is 0 Å². The summed E-state index contributed by atoms with van der Waals surface area (Å²) in [6, 6.07) is 22.0. The monoisotopic (exact) mass is 448 g/mol. The fraction of sp³-hybridized carbons (Fsp3) is 0.200. The first-order chi connectivity index (χ1) is 15.9. The first kappa shape index (κ1) is 23.5. The summed E-state index contributed by atoms with van der Waals surface area (Å²) < 4.78 is 11.0. The number of nitrogens with zero attached hydrogens (tertiary/aromatic N) is 2. The largest absolute Gasteiger partial charge is 0.496 e. The van der Waals surface area contributed by atoms with Gasteiger partial charge in [0.2, 0.25) is 0 Å². The number of para-hydroxylation sites is 1. The maximum atomic E-state index is 9.00. The zero-order valence-corrected chi connectivity index (χ0v) is 18.9. The van der Waals surface area contributed by atoms with Crippen molar-refractivity contribution in [2.45, 2.75) is 20.0 Å². The maximum absolute atomic E-state index is 9.00. The number of aliphatic carboxylic acids is 1. The standard InChI is InChI=1S/C23H24N4O2.C2H4O2/c1-28-21-9-6-10-22(29-2)19(21)15-27-14-16-11-12-18(13-20(16)26-23(27)24)25-17-7-4-3-5-8-17;1-2(3)4/h3-13,25H,14-15H2,1-2H3,(H2,24,26);1H3,(H,3,4). The second-order valence-electron chi connectivity index (χ2n) is 7.32. The van der Waals surface area contributed by atoms with Crippen LogP contribution >= 0.6 is 0 Å². The van der Waals surface area contributed by atoms with Gasteiger partial charge < -0.3 is 30.5 Å². The molecule has 1 aliphatic heterocycles. The number of nitrogens with two attached hydrogens (primary N) is 1. The number of benzene rings is 3. The van der Waals surface area contributed by atoms with Crippen LogP contribution in [0.3, 0.4) is 0 Å². The molecule has 0 saturated carbocycles. The normalized spacial score (nSPS) is 12.0. The molecule has 0 saturated heterocycles. The van der Waals surface area contributed by atoms with E-state index >= 15 is 0 Å². The van der Waals surface area contributed by atoms with E-state index in [-0.39, 0.29) is 0 Å². The van der Waals surface area contributed by atoms with Crippen LogP contribution in [-0.4, -0.2) is 36.2 Å². The van der Waals surface area contributed by atoms with E-state index in [0.29, 0.717) is 19.0 Å². The molecule has 172 valence electrons. The number of carboxylic acids is 1. The molecule has 8 heteroatoms. The predicted octanol–water partition coefficient (Wildman–Crippen LogP) is 4.50. The number of carbonyl (C=O) groups is 1. The van der Waals surface area contributed by atoms with Crippen molar-refractivity contribution in [2.75, 3.05) is 19.5 Å². The molecule has 1 heterocycles. The first-order valence-electron chi connectivity index (χ1n) is 10.3. The third kappa shape index (κ3) is 6.16. The average Bonchev–Trinajstić information content (AvgIpc) is 2.80. The minimum atomic E-state index is -0.833. The molecular weight excluding hydrogens is 420 g/mol. The molecule has 0 fully saturated rings. The molecule has 3 aromatic rings. The number of methoxy groups -OCH3 is 2. The van der Waals surface area contributed by atoms with Crippen LogP contribution in [0.5, 0.6) is 11.5 Å². The predicted molar refractivity (Wildman–Crippen MR) is 130 cm³/mol. The van der Waals surface area contributed by atoms with E-state index in [1.807, 2.05) is 59.5 Å². The van der Waals surface area contributed by atoms with Gasteiger partial charge in [-0.1, -0.05) is 30.3 Å². The molecule has 0 atom stereocenters. The van der Waals surface area contributed by atoms with E-state index in [2.05, 4.69) is 22.4 Å². The van der Waals surface area contributed by atoms with Crippen molar-refractivity contribution < 1.29 is 19.4 Å². The third-order valence-electron chi connectivity index (χ3n) is 4.95. The van der Waals surface area contributed by atoms with Gasteiger partial charge in [0.1, 0.15) is 11.5 Å². The lowest BCUT2D eigenvalue weighted by molar-refractivity contribution is -0.134. The molecule has 1 aliphatic rings. The molecule has 8 nitrogen and oxygen atoms in total. The molecule has 4 N–H and O–H groups in total. The van der Waals surface area contributed by atoms with Gasteiger partial charge in [-0.25, -0.2) is 4.99 Å². The zero-order valence-electron chi connectivity index (χ0n) is 18.9. The van der Waals surface area contributed by atoms with Gasteiger partial charge in [-0.2, -0.15) is 0 Å². The van der Waals surface area contributed by atoms with E-state index in [1.54, 1.807) is 14.2 Å². The van der Waals surface area contributed by atoms with E-state index in [9.17, 15) is 0 Å². The summed E-state index contributed by atoms with van der Waals surface area (Å²) >= 11 is 0. The number of aliphatic imine (C=N–C) groups is 1. The molecule has 0 aliphatic carbocycles. The molecule has 0 bridgehead atoms. The molecular formula is C25H28N4O4. The Morgan fingerprint density at radius 1 is 1.03 bits per heavy atom. The zero-order chi connectivity index (χ0) is 23.8. The minimum absolute atomic E-state index is 0.474. The number of hydrogen-bond donors (Lipinski definition) is 3. The maximum Gasteiger partial charge on any atom is 0.300 e. The molecule has 3 aromatic carbocycles. The Kier molecular flexibility index (Phi) is 7.75. The van der Waals surface area contributed by atoms with Crippen LogP contribution in [0.1, 0.15) is 18.1 Å². The van der Waals surface area contributed by atoms with Crippen LogP contribution in [0.25, 0.3) is 0 Å². The fourth-order valence-electron chi connectivity index (χ4n) is 3.46. The summed E-state index contributed by atoms with van der Waals surface area (Å²) in [5.74, 6) is 1.18. The van der Waals surface area contributed by atoms with Gasteiger partial charge >= 0.3 is 0 Å². The Hall–Kier alpha value is -4.20. The third-order valence-corrected chi connectivity index (χ3v) is 4.95. The summed E-state index contributed by atoms with van der Waals surface area (Å²) in [5.41, 5.74) is 11.3. The molecule has 0 amide bonds. The van der Waals surface area contributed by atoms with Crippen LogP contribution in [0.15, 0.2) is 71.7 Å². The quantitative estimate of drug-likeness (QED) is 0.509. The number of ether oxygens (including phenoxy) is 2. The van der Waals surface area contributed by atoms with E-state index in [4.69, 9.17) is 25.1 Å². The highest BCUT2D eigenvalue weighted by Crippen LogP contribution is 2.34. The average molecular weight is 449 g/mol. The van der Waals surface area contributed by atoms with Gasteiger partial charge in [-0.3, -0.25) is 4.79 Å². The van der Waals surface area contributed by atoms with Crippen LogP contribution in [0.4, 0.5) is 17.1 Å². The van der Waals surface area contributed by atoms with Crippen molar-refractivity contribution in [3.63, 3.8) is 0 Å². The van der Waals surface area contributed by atoms with Crippen LogP contribution < -0.4 is 20.5 Å². The van der Waals surface area contributed by atoms with Gasteiger partial charge in [-0.15, -0.1) is 0 Å². The highest BCUT2D eigenvalue weighted by molar-refractivity contribution is 5.84. The summed E-state index contributed by atoms with van der Waals surface area (Å²) in [6.45, 7) is 2.30. The van der Waals surface area contributed by atoms with Crippen LogP contribution in [-0.2, 0) is 17.9 Å². The Labute approximate surface area is 193 Å². The Balaban J connectivity index is 0.000000709. The topological polar surface area (TPSA) is 109 Å².